The molecule has 6 nitrogen and oxygen atoms in total. The average Bonchev–Trinajstić information content (AvgIpc) is 3.09. The molecule has 2 heterocycles. The van der Waals surface area contributed by atoms with Crippen molar-refractivity contribution in [2.45, 2.75) is 26.8 Å². The third kappa shape index (κ3) is 3.76. The molecule has 0 fully saturated rings. The number of rotatable bonds is 3. The molecule has 0 bridgehead atoms. The smallest absolute Gasteiger partial charge is 0.261 e. The maximum absolute atomic E-state index is 13.0. The van der Waals surface area contributed by atoms with Crippen LogP contribution in [0.15, 0.2) is 47.0 Å². The Bertz CT molecular complexity index is 1110. The second kappa shape index (κ2) is 7.72. The highest BCUT2D eigenvalue weighted by Crippen LogP contribution is 2.32. The number of aryl methyl sites for hydroxylation is 1. The predicted molar refractivity (Wildman–Crippen MR) is 111 cm³/mol. The summed E-state index contributed by atoms with van der Waals surface area (Å²) in [5.74, 6) is 0.144. The molecule has 148 valence electrons. The third-order valence-electron chi connectivity index (χ3n) is 5.14. The van der Waals surface area contributed by atoms with Crippen molar-refractivity contribution in [1.29, 1.82) is 0 Å². The van der Waals surface area contributed by atoms with E-state index >= 15 is 0 Å². The minimum absolute atomic E-state index is 0.0505. The summed E-state index contributed by atoms with van der Waals surface area (Å²) in [6, 6.07) is 13.0. The highest BCUT2D eigenvalue weighted by Gasteiger charge is 2.24. The van der Waals surface area contributed by atoms with Crippen molar-refractivity contribution < 1.29 is 14.1 Å². The number of benzene rings is 2. The zero-order chi connectivity index (χ0) is 20.5. The second-order valence-electron chi connectivity index (χ2n) is 7.07. The van der Waals surface area contributed by atoms with Gasteiger partial charge in [0.2, 0.25) is 5.91 Å². The first-order chi connectivity index (χ1) is 13.9. The molecule has 2 aromatic carbocycles. The highest BCUT2D eigenvalue weighted by molar-refractivity contribution is 6.33. The van der Waals surface area contributed by atoms with E-state index in [1.807, 2.05) is 30.3 Å². The van der Waals surface area contributed by atoms with Crippen molar-refractivity contribution in [3.63, 3.8) is 0 Å². The van der Waals surface area contributed by atoms with Crippen molar-refractivity contribution in [3.05, 3.63) is 69.9 Å². The van der Waals surface area contributed by atoms with Crippen molar-refractivity contribution in [2.24, 2.45) is 0 Å². The molecule has 0 saturated carbocycles. The van der Waals surface area contributed by atoms with Crippen LogP contribution in [0.4, 0.5) is 5.69 Å². The van der Waals surface area contributed by atoms with Crippen LogP contribution in [-0.2, 0) is 17.8 Å². The first kappa shape index (κ1) is 19.2. The van der Waals surface area contributed by atoms with Crippen LogP contribution < -0.4 is 5.32 Å². The van der Waals surface area contributed by atoms with Crippen molar-refractivity contribution in [1.82, 2.24) is 10.1 Å². The van der Waals surface area contributed by atoms with E-state index in [9.17, 15) is 9.59 Å². The highest BCUT2D eigenvalue weighted by atomic mass is 35.5. The summed E-state index contributed by atoms with van der Waals surface area (Å²) in [5, 5.41) is 7.46. The van der Waals surface area contributed by atoms with Crippen LogP contribution in [0.25, 0.3) is 11.3 Å². The lowest BCUT2D eigenvalue weighted by Gasteiger charge is -2.28. The molecule has 4 rings (SSSR count). The molecule has 0 unspecified atom stereocenters. The topological polar surface area (TPSA) is 75.4 Å². The molecular weight excluding hydrogens is 390 g/mol. The summed E-state index contributed by atoms with van der Waals surface area (Å²) in [6.07, 6.45) is 0.810. The number of hydrogen-bond donors (Lipinski definition) is 1. The van der Waals surface area contributed by atoms with Crippen LogP contribution in [0.5, 0.6) is 0 Å². The van der Waals surface area contributed by atoms with E-state index in [0.29, 0.717) is 39.8 Å². The fourth-order valence-electron chi connectivity index (χ4n) is 3.57. The normalized spacial score (nSPS) is 13.1. The minimum Gasteiger partial charge on any atom is -0.360 e. The van der Waals surface area contributed by atoms with Gasteiger partial charge in [-0.05, 0) is 42.7 Å². The Labute approximate surface area is 173 Å². The van der Waals surface area contributed by atoms with Crippen LogP contribution in [-0.4, -0.2) is 28.4 Å². The van der Waals surface area contributed by atoms with Gasteiger partial charge in [0.25, 0.3) is 5.91 Å². The maximum Gasteiger partial charge on any atom is 0.261 e. The molecule has 2 amide bonds. The van der Waals surface area contributed by atoms with Gasteiger partial charge in [0.1, 0.15) is 17.0 Å². The monoisotopic (exact) mass is 409 g/mol. The molecule has 1 N–H and O–H groups in total. The molecule has 0 spiro atoms. The SMILES string of the molecule is CC(=O)N1CCc2ccc(NC(=O)c3c(-c4ccccc4Cl)noc3C)cc2C1. The zero-order valence-electron chi connectivity index (χ0n) is 16.2. The lowest BCUT2D eigenvalue weighted by atomic mass is 9.99. The summed E-state index contributed by atoms with van der Waals surface area (Å²) < 4.78 is 5.28. The second-order valence-corrected chi connectivity index (χ2v) is 7.48. The van der Waals surface area contributed by atoms with E-state index in [-0.39, 0.29) is 11.8 Å². The zero-order valence-corrected chi connectivity index (χ0v) is 16.9. The number of nitrogens with one attached hydrogen (secondary N) is 1. The van der Waals surface area contributed by atoms with Gasteiger partial charge in [0, 0.05) is 31.3 Å². The first-order valence-corrected chi connectivity index (χ1v) is 9.71. The number of carbonyl (C=O) groups excluding carboxylic acids is 2. The number of carbonyl (C=O) groups is 2. The Balaban J connectivity index is 1.62. The average molecular weight is 410 g/mol. The molecule has 7 heteroatoms. The Morgan fingerprint density at radius 3 is 2.72 bits per heavy atom. The molecule has 0 atom stereocenters. The van der Waals surface area contributed by atoms with E-state index in [1.165, 1.54) is 5.56 Å². The number of anilines is 1. The van der Waals surface area contributed by atoms with Gasteiger partial charge in [-0.1, -0.05) is 41.0 Å². The fourth-order valence-corrected chi connectivity index (χ4v) is 3.80. The molecule has 0 aliphatic carbocycles. The molecular formula is C22H20ClN3O3. The van der Waals surface area contributed by atoms with E-state index in [2.05, 4.69) is 10.5 Å². The number of hydrogen-bond acceptors (Lipinski definition) is 4. The van der Waals surface area contributed by atoms with E-state index in [4.69, 9.17) is 16.1 Å². The fraction of sp³-hybridized carbons (Fsp3) is 0.227. The third-order valence-corrected chi connectivity index (χ3v) is 5.47. The summed E-state index contributed by atoms with van der Waals surface area (Å²) in [6.45, 7) is 4.53. The van der Waals surface area contributed by atoms with Crippen molar-refractivity contribution >= 4 is 29.1 Å². The number of aromatic nitrogens is 1. The molecule has 1 aliphatic rings. The van der Waals surface area contributed by atoms with Crippen molar-refractivity contribution in [3.8, 4) is 11.3 Å². The van der Waals surface area contributed by atoms with Crippen LogP contribution in [0.3, 0.4) is 0 Å². The van der Waals surface area contributed by atoms with Crippen molar-refractivity contribution in [2.75, 3.05) is 11.9 Å². The van der Waals surface area contributed by atoms with Crippen LogP contribution in [0.1, 0.15) is 34.2 Å². The lowest BCUT2D eigenvalue weighted by molar-refractivity contribution is -0.129. The number of nitrogens with zero attached hydrogens (tertiary/aromatic N) is 2. The summed E-state index contributed by atoms with van der Waals surface area (Å²) in [7, 11) is 0. The first-order valence-electron chi connectivity index (χ1n) is 9.34. The molecule has 0 saturated heterocycles. The molecule has 1 aliphatic heterocycles. The molecule has 3 aromatic rings. The molecule has 29 heavy (non-hydrogen) atoms. The Kier molecular flexibility index (Phi) is 5.11. The van der Waals surface area contributed by atoms with Gasteiger partial charge in [-0.25, -0.2) is 0 Å². The van der Waals surface area contributed by atoms with Gasteiger partial charge < -0.3 is 14.7 Å². The van der Waals surface area contributed by atoms with Crippen LogP contribution in [0, 0.1) is 6.92 Å². The van der Waals surface area contributed by atoms with Gasteiger partial charge in [0.15, 0.2) is 0 Å². The number of fused-ring (bicyclic) bond motifs is 1. The van der Waals surface area contributed by atoms with E-state index in [1.54, 1.807) is 30.9 Å². The summed E-state index contributed by atoms with van der Waals surface area (Å²) in [5.41, 5.74) is 4.28. The molecule has 0 radical (unpaired) electrons. The molecule has 1 aromatic heterocycles. The van der Waals surface area contributed by atoms with E-state index < -0.39 is 0 Å². The Morgan fingerprint density at radius 2 is 1.97 bits per heavy atom. The van der Waals surface area contributed by atoms with Gasteiger partial charge in [-0.2, -0.15) is 0 Å². The minimum atomic E-state index is -0.321. The van der Waals surface area contributed by atoms with Crippen LogP contribution in [0.2, 0.25) is 5.02 Å². The predicted octanol–water partition coefficient (Wildman–Crippen LogP) is 4.46. The maximum atomic E-state index is 13.0. The van der Waals surface area contributed by atoms with Gasteiger partial charge in [0.05, 0.1) is 5.02 Å². The van der Waals surface area contributed by atoms with E-state index in [0.717, 1.165) is 18.5 Å². The summed E-state index contributed by atoms with van der Waals surface area (Å²) >= 11 is 6.28. The van der Waals surface area contributed by atoms with Gasteiger partial charge in [-0.3, -0.25) is 9.59 Å². The Morgan fingerprint density at radius 1 is 1.17 bits per heavy atom. The lowest BCUT2D eigenvalue weighted by Crippen LogP contribution is -2.34. The summed E-state index contributed by atoms with van der Waals surface area (Å²) in [4.78, 5) is 26.5. The number of amides is 2. The standard InChI is InChI=1S/C22H20ClN3O3/c1-13-20(21(25-29-13)18-5-3-4-6-19(18)23)22(28)24-17-8-7-15-9-10-26(14(2)27)12-16(15)11-17/h3-8,11H,9-10,12H2,1-2H3,(H,24,28). The largest absolute Gasteiger partial charge is 0.360 e. The van der Waals surface area contributed by atoms with Gasteiger partial charge in [-0.15, -0.1) is 0 Å². The Hall–Kier alpha value is -3.12. The quantitative estimate of drug-likeness (QED) is 0.692. The van der Waals surface area contributed by atoms with Crippen LogP contribution >= 0.6 is 11.6 Å². The van der Waals surface area contributed by atoms with Gasteiger partial charge >= 0.3 is 0 Å². The number of halogens is 1.